The van der Waals surface area contributed by atoms with E-state index in [1.165, 1.54) is 29.5 Å². The summed E-state index contributed by atoms with van der Waals surface area (Å²) in [5.74, 6) is 0.438. The number of hydrogen-bond acceptors (Lipinski definition) is 7. The molecule has 2 N–H and O–H groups in total. The third kappa shape index (κ3) is 5.62. The number of aromatic nitrogens is 2. The van der Waals surface area contributed by atoms with E-state index in [1.807, 2.05) is 0 Å². The molecule has 0 aliphatic heterocycles. The van der Waals surface area contributed by atoms with Crippen LogP contribution >= 0.6 is 34.7 Å². The van der Waals surface area contributed by atoms with Crippen molar-refractivity contribution >= 4 is 61.4 Å². The number of hydrogen-bond donors (Lipinski definition) is 2. The van der Waals surface area contributed by atoms with Gasteiger partial charge in [-0.25, -0.2) is 8.42 Å². The van der Waals surface area contributed by atoms with Crippen molar-refractivity contribution in [2.75, 3.05) is 22.0 Å². The van der Waals surface area contributed by atoms with Crippen molar-refractivity contribution in [1.82, 2.24) is 10.2 Å². The number of halogens is 1. The largest absolute Gasteiger partial charge is 0.296 e. The fourth-order valence-corrected chi connectivity index (χ4v) is 4.08. The number of amides is 1. The number of thioether (sulfide) groups is 1. The Balaban J connectivity index is 2.14. The van der Waals surface area contributed by atoms with Gasteiger partial charge < -0.3 is 0 Å². The number of nitrogens with zero attached hydrogens (tertiary/aromatic N) is 2. The van der Waals surface area contributed by atoms with E-state index in [4.69, 9.17) is 11.6 Å². The summed E-state index contributed by atoms with van der Waals surface area (Å²) < 4.78 is 25.6. The predicted molar refractivity (Wildman–Crippen MR) is 98.8 cm³/mol. The first-order valence-corrected chi connectivity index (χ1v) is 10.9. The lowest BCUT2D eigenvalue weighted by Crippen LogP contribution is -2.14. The third-order valence-corrected chi connectivity index (χ3v) is 5.68. The summed E-state index contributed by atoms with van der Waals surface area (Å²) in [5.41, 5.74) is 0.395. The van der Waals surface area contributed by atoms with Crippen molar-refractivity contribution < 1.29 is 13.2 Å². The van der Waals surface area contributed by atoms with E-state index in [0.717, 1.165) is 22.8 Å². The van der Waals surface area contributed by atoms with Crippen molar-refractivity contribution in [1.29, 1.82) is 0 Å². The SMILES string of the molecule is CCCSc1nnc(NC(=O)c2cc(NS(C)(=O)=O)ccc2Cl)s1. The second-order valence-corrected chi connectivity index (χ2v) is 9.22. The molecule has 1 aromatic heterocycles. The van der Waals surface area contributed by atoms with E-state index in [1.54, 1.807) is 11.8 Å². The lowest BCUT2D eigenvalue weighted by molar-refractivity contribution is 0.102. The van der Waals surface area contributed by atoms with Crippen LogP contribution in [0, 0.1) is 0 Å². The molecule has 1 aromatic carbocycles. The molecule has 11 heteroatoms. The van der Waals surface area contributed by atoms with Crippen molar-refractivity contribution in [3.63, 3.8) is 0 Å². The van der Waals surface area contributed by atoms with E-state index >= 15 is 0 Å². The van der Waals surface area contributed by atoms with Crippen LogP contribution in [-0.4, -0.2) is 36.5 Å². The molecule has 130 valence electrons. The first-order valence-electron chi connectivity index (χ1n) is 6.83. The van der Waals surface area contributed by atoms with Gasteiger partial charge in [0.25, 0.3) is 5.91 Å². The summed E-state index contributed by atoms with van der Waals surface area (Å²) in [6.07, 6.45) is 2.04. The van der Waals surface area contributed by atoms with Crippen molar-refractivity contribution in [2.45, 2.75) is 17.7 Å². The molecule has 0 spiro atoms. The van der Waals surface area contributed by atoms with Gasteiger partial charge in [0.1, 0.15) is 0 Å². The van der Waals surface area contributed by atoms with Crippen LogP contribution in [0.25, 0.3) is 0 Å². The fourth-order valence-electron chi connectivity index (χ4n) is 1.65. The standard InChI is InChI=1S/C13H15ClN4O3S3/c1-3-6-22-13-17-16-12(23-13)15-11(19)9-7-8(4-5-10(9)14)18-24(2,20)21/h4-5,7,18H,3,6H2,1-2H3,(H,15,16,19). The lowest BCUT2D eigenvalue weighted by Gasteiger charge is -2.08. The number of nitrogens with one attached hydrogen (secondary N) is 2. The number of carbonyl (C=O) groups excluding carboxylic acids is 1. The number of benzene rings is 1. The zero-order chi connectivity index (χ0) is 17.7. The van der Waals surface area contributed by atoms with Gasteiger partial charge in [0.15, 0.2) is 4.34 Å². The summed E-state index contributed by atoms with van der Waals surface area (Å²) in [4.78, 5) is 12.3. The second-order valence-electron chi connectivity index (χ2n) is 4.74. The third-order valence-electron chi connectivity index (χ3n) is 2.57. The molecule has 0 saturated heterocycles. The summed E-state index contributed by atoms with van der Waals surface area (Å²) in [5, 5.41) is 11.1. The number of sulfonamides is 1. The number of carbonyl (C=O) groups is 1. The van der Waals surface area contributed by atoms with Gasteiger partial charge in [0.05, 0.1) is 16.8 Å². The number of anilines is 2. The molecule has 2 aromatic rings. The molecule has 1 heterocycles. The molecule has 0 aliphatic carbocycles. The fraction of sp³-hybridized carbons (Fsp3) is 0.308. The molecule has 24 heavy (non-hydrogen) atoms. The van der Waals surface area contributed by atoms with Crippen molar-refractivity contribution in [3.05, 3.63) is 28.8 Å². The van der Waals surface area contributed by atoms with Crippen LogP contribution in [0.15, 0.2) is 22.5 Å². The van der Waals surface area contributed by atoms with Crippen LogP contribution in [0.5, 0.6) is 0 Å². The maximum absolute atomic E-state index is 12.3. The van der Waals surface area contributed by atoms with E-state index in [-0.39, 0.29) is 16.3 Å². The topological polar surface area (TPSA) is 101 Å². The maximum Gasteiger partial charge on any atom is 0.259 e. The van der Waals surface area contributed by atoms with Crippen LogP contribution in [0.2, 0.25) is 5.02 Å². The lowest BCUT2D eigenvalue weighted by atomic mass is 10.2. The molecule has 0 unspecified atom stereocenters. The highest BCUT2D eigenvalue weighted by Crippen LogP contribution is 2.27. The van der Waals surface area contributed by atoms with Crippen LogP contribution < -0.4 is 10.0 Å². The van der Waals surface area contributed by atoms with Crippen LogP contribution in [0.4, 0.5) is 10.8 Å². The van der Waals surface area contributed by atoms with Gasteiger partial charge >= 0.3 is 0 Å². The Bertz CT molecular complexity index is 839. The van der Waals surface area contributed by atoms with Gasteiger partial charge in [-0.15, -0.1) is 10.2 Å². The number of rotatable bonds is 7. The Kier molecular flexibility index (Phi) is 6.44. The zero-order valence-corrected chi connectivity index (χ0v) is 16.1. The first-order chi connectivity index (χ1) is 11.3. The minimum Gasteiger partial charge on any atom is -0.296 e. The van der Waals surface area contributed by atoms with Gasteiger partial charge in [-0.3, -0.25) is 14.8 Å². The molecule has 1 amide bonds. The Morgan fingerprint density at radius 3 is 2.79 bits per heavy atom. The Morgan fingerprint density at radius 1 is 1.38 bits per heavy atom. The van der Waals surface area contributed by atoms with E-state index < -0.39 is 15.9 Å². The van der Waals surface area contributed by atoms with Gasteiger partial charge in [-0.2, -0.15) is 0 Å². The predicted octanol–water partition coefficient (Wildman–Crippen LogP) is 3.32. The summed E-state index contributed by atoms with van der Waals surface area (Å²) in [7, 11) is -3.44. The van der Waals surface area contributed by atoms with E-state index in [9.17, 15) is 13.2 Å². The highest BCUT2D eigenvalue weighted by atomic mass is 35.5. The highest BCUT2D eigenvalue weighted by Gasteiger charge is 2.15. The van der Waals surface area contributed by atoms with Crippen LogP contribution in [0.3, 0.4) is 0 Å². The van der Waals surface area contributed by atoms with Crippen molar-refractivity contribution in [3.8, 4) is 0 Å². The highest BCUT2D eigenvalue weighted by molar-refractivity contribution is 8.01. The van der Waals surface area contributed by atoms with Gasteiger partial charge in [-0.05, 0) is 24.6 Å². The van der Waals surface area contributed by atoms with Crippen molar-refractivity contribution in [2.24, 2.45) is 0 Å². The summed E-state index contributed by atoms with van der Waals surface area (Å²) in [6, 6.07) is 4.30. The molecule has 0 bridgehead atoms. The molecule has 0 aliphatic rings. The smallest absolute Gasteiger partial charge is 0.259 e. The van der Waals surface area contributed by atoms with Crippen LogP contribution in [0.1, 0.15) is 23.7 Å². The van der Waals surface area contributed by atoms with Gasteiger partial charge in [0.2, 0.25) is 15.2 Å². The average molecular weight is 407 g/mol. The Morgan fingerprint density at radius 2 is 2.12 bits per heavy atom. The van der Waals surface area contributed by atoms with Gasteiger partial charge in [0, 0.05) is 11.4 Å². The molecule has 0 radical (unpaired) electrons. The minimum absolute atomic E-state index is 0.142. The Hall–Kier alpha value is -1.36. The second kappa shape index (κ2) is 8.15. The molecular formula is C13H15ClN4O3S3. The molecular weight excluding hydrogens is 392 g/mol. The minimum atomic E-state index is -3.44. The Labute approximate surface area is 153 Å². The molecule has 7 nitrogen and oxygen atoms in total. The molecule has 2 rings (SSSR count). The molecule has 0 saturated carbocycles. The van der Waals surface area contributed by atoms with Gasteiger partial charge in [-0.1, -0.05) is 41.6 Å². The monoisotopic (exact) mass is 406 g/mol. The average Bonchev–Trinajstić information content (AvgIpc) is 2.93. The maximum atomic E-state index is 12.3. The molecule has 0 atom stereocenters. The summed E-state index contributed by atoms with van der Waals surface area (Å²) >= 11 is 8.86. The zero-order valence-electron chi connectivity index (χ0n) is 12.9. The van der Waals surface area contributed by atoms with E-state index in [0.29, 0.717) is 5.13 Å². The van der Waals surface area contributed by atoms with E-state index in [2.05, 4.69) is 27.2 Å². The summed E-state index contributed by atoms with van der Waals surface area (Å²) in [6.45, 7) is 2.07. The molecule has 0 fully saturated rings. The quantitative estimate of drug-likeness (QED) is 0.540. The normalized spacial score (nSPS) is 11.3. The first kappa shape index (κ1) is 19.0. The van der Waals surface area contributed by atoms with Crippen LogP contribution in [-0.2, 0) is 10.0 Å².